The number of aromatic nitrogens is 2. The Hall–Kier alpha value is -0.390. The molecule has 1 aromatic heterocycles. The van der Waals surface area contributed by atoms with Crippen molar-refractivity contribution >= 4 is 15.9 Å². The standard InChI is InChI=1S/C14H24BrN3O/c1-4-18-12(13(15)11(2)16-18)9-17(3)10-14(19)7-5-6-8-14/h19H,4-10H2,1-3H3. The molecular formula is C14H24BrN3O. The van der Waals surface area contributed by atoms with Crippen molar-refractivity contribution in [1.82, 2.24) is 14.7 Å². The van der Waals surface area contributed by atoms with E-state index in [4.69, 9.17) is 0 Å². The minimum Gasteiger partial charge on any atom is -0.389 e. The summed E-state index contributed by atoms with van der Waals surface area (Å²) >= 11 is 3.62. The minimum atomic E-state index is -0.479. The minimum absolute atomic E-state index is 0.479. The summed E-state index contributed by atoms with van der Waals surface area (Å²) in [6.45, 7) is 6.56. The zero-order valence-corrected chi connectivity index (χ0v) is 13.7. The Balaban J connectivity index is 2.04. The van der Waals surface area contributed by atoms with Crippen LogP contribution in [0.25, 0.3) is 0 Å². The number of aliphatic hydroxyl groups is 1. The number of halogens is 1. The van der Waals surface area contributed by atoms with Gasteiger partial charge in [-0.2, -0.15) is 5.10 Å². The third-order valence-corrected chi connectivity index (χ3v) is 5.00. The first-order valence-corrected chi connectivity index (χ1v) is 7.87. The van der Waals surface area contributed by atoms with Gasteiger partial charge in [0.25, 0.3) is 0 Å². The van der Waals surface area contributed by atoms with Crippen molar-refractivity contribution in [2.75, 3.05) is 13.6 Å². The molecule has 2 rings (SSSR count). The molecular weight excluding hydrogens is 306 g/mol. The second-order valence-corrected chi connectivity index (χ2v) is 6.56. The zero-order valence-electron chi connectivity index (χ0n) is 12.1. The quantitative estimate of drug-likeness (QED) is 0.903. The Bertz CT molecular complexity index is 438. The maximum Gasteiger partial charge on any atom is 0.0774 e. The van der Waals surface area contributed by atoms with Crippen molar-refractivity contribution in [3.8, 4) is 0 Å². The highest BCUT2D eigenvalue weighted by molar-refractivity contribution is 9.10. The molecule has 1 fully saturated rings. The predicted octanol–water partition coefficient (Wildman–Crippen LogP) is 2.71. The summed E-state index contributed by atoms with van der Waals surface area (Å²) in [5.41, 5.74) is 1.75. The van der Waals surface area contributed by atoms with E-state index in [2.05, 4.69) is 39.9 Å². The maximum atomic E-state index is 10.5. The molecule has 5 heteroatoms. The van der Waals surface area contributed by atoms with Gasteiger partial charge in [0.15, 0.2) is 0 Å². The Labute approximate surface area is 123 Å². The number of likely N-dealkylation sites (N-methyl/N-ethyl adjacent to an activating group) is 1. The summed E-state index contributed by atoms with van der Waals surface area (Å²) in [5.74, 6) is 0. The highest BCUT2D eigenvalue weighted by Gasteiger charge is 2.32. The van der Waals surface area contributed by atoms with E-state index in [1.807, 2.05) is 11.6 Å². The third-order valence-electron chi connectivity index (χ3n) is 3.97. The molecule has 0 aliphatic heterocycles. The van der Waals surface area contributed by atoms with Crippen molar-refractivity contribution < 1.29 is 5.11 Å². The Morgan fingerprint density at radius 3 is 2.63 bits per heavy atom. The summed E-state index contributed by atoms with van der Waals surface area (Å²) in [4.78, 5) is 2.21. The first kappa shape index (κ1) is 15.0. The van der Waals surface area contributed by atoms with Crippen LogP contribution in [0.5, 0.6) is 0 Å². The largest absolute Gasteiger partial charge is 0.389 e. The summed E-state index contributed by atoms with van der Waals surface area (Å²) in [7, 11) is 2.07. The topological polar surface area (TPSA) is 41.3 Å². The summed E-state index contributed by atoms with van der Waals surface area (Å²) < 4.78 is 3.13. The van der Waals surface area contributed by atoms with E-state index in [-0.39, 0.29) is 0 Å². The average Bonchev–Trinajstić information content (AvgIpc) is 2.88. The molecule has 0 spiro atoms. The number of rotatable bonds is 5. The molecule has 1 aliphatic carbocycles. The van der Waals surface area contributed by atoms with Crippen LogP contribution < -0.4 is 0 Å². The van der Waals surface area contributed by atoms with Crippen LogP contribution in [0.3, 0.4) is 0 Å². The molecule has 0 bridgehead atoms. The van der Waals surface area contributed by atoms with Gasteiger partial charge < -0.3 is 5.11 Å². The SMILES string of the molecule is CCn1nc(C)c(Br)c1CN(C)CC1(O)CCCC1. The van der Waals surface area contributed by atoms with Gasteiger partial charge in [0, 0.05) is 19.6 Å². The van der Waals surface area contributed by atoms with Crippen molar-refractivity contribution in [3.63, 3.8) is 0 Å². The fourth-order valence-corrected chi connectivity index (χ4v) is 3.43. The van der Waals surface area contributed by atoms with Crippen LogP contribution in [0.1, 0.15) is 44.0 Å². The van der Waals surface area contributed by atoms with Crippen LogP contribution in [0, 0.1) is 6.92 Å². The first-order chi connectivity index (χ1) is 8.95. The van der Waals surface area contributed by atoms with Gasteiger partial charge in [-0.05, 0) is 49.7 Å². The molecule has 0 amide bonds. The lowest BCUT2D eigenvalue weighted by Crippen LogP contribution is -2.39. The molecule has 0 saturated heterocycles. The van der Waals surface area contributed by atoms with Gasteiger partial charge >= 0.3 is 0 Å². The van der Waals surface area contributed by atoms with E-state index < -0.39 is 5.60 Å². The number of hydrogen-bond acceptors (Lipinski definition) is 3. The smallest absolute Gasteiger partial charge is 0.0774 e. The van der Waals surface area contributed by atoms with E-state index in [9.17, 15) is 5.11 Å². The van der Waals surface area contributed by atoms with Crippen molar-refractivity contribution in [1.29, 1.82) is 0 Å². The molecule has 108 valence electrons. The summed E-state index contributed by atoms with van der Waals surface area (Å²) in [5, 5.41) is 15.0. The average molecular weight is 330 g/mol. The molecule has 19 heavy (non-hydrogen) atoms. The zero-order chi connectivity index (χ0) is 14.0. The van der Waals surface area contributed by atoms with Crippen LogP contribution in [-0.2, 0) is 13.1 Å². The monoisotopic (exact) mass is 329 g/mol. The highest BCUT2D eigenvalue weighted by atomic mass is 79.9. The lowest BCUT2D eigenvalue weighted by Gasteiger charge is -2.28. The predicted molar refractivity (Wildman–Crippen MR) is 80.1 cm³/mol. The van der Waals surface area contributed by atoms with E-state index in [1.165, 1.54) is 5.69 Å². The highest BCUT2D eigenvalue weighted by Crippen LogP contribution is 2.30. The van der Waals surface area contributed by atoms with Gasteiger partial charge in [0.05, 0.1) is 21.5 Å². The van der Waals surface area contributed by atoms with E-state index in [0.29, 0.717) is 0 Å². The molecule has 0 atom stereocenters. The Morgan fingerprint density at radius 1 is 1.42 bits per heavy atom. The second-order valence-electron chi connectivity index (χ2n) is 5.77. The van der Waals surface area contributed by atoms with E-state index >= 15 is 0 Å². The number of hydrogen-bond donors (Lipinski definition) is 1. The van der Waals surface area contributed by atoms with Crippen LogP contribution in [0.4, 0.5) is 0 Å². The second kappa shape index (κ2) is 5.94. The fraction of sp³-hybridized carbons (Fsp3) is 0.786. The molecule has 4 nitrogen and oxygen atoms in total. The van der Waals surface area contributed by atoms with Gasteiger partial charge in [-0.3, -0.25) is 9.58 Å². The maximum absolute atomic E-state index is 10.5. The van der Waals surface area contributed by atoms with Crippen LogP contribution >= 0.6 is 15.9 Å². The molecule has 0 unspecified atom stereocenters. The lowest BCUT2D eigenvalue weighted by atomic mass is 10.0. The normalized spacial score (nSPS) is 18.4. The molecule has 1 aliphatic rings. The lowest BCUT2D eigenvalue weighted by molar-refractivity contribution is 0.0139. The molecule has 0 aromatic carbocycles. The van der Waals surface area contributed by atoms with Gasteiger partial charge in [-0.15, -0.1) is 0 Å². The number of aryl methyl sites for hydroxylation is 2. The van der Waals surface area contributed by atoms with E-state index in [1.54, 1.807) is 0 Å². The van der Waals surface area contributed by atoms with Crippen molar-refractivity contribution in [2.24, 2.45) is 0 Å². The van der Waals surface area contributed by atoms with Gasteiger partial charge in [0.1, 0.15) is 0 Å². The molecule has 1 heterocycles. The third kappa shape index (κ3) is 3.38. The first-order valence-electron chi connectivity index (χ1n) is 7.08. The van der Waals surface area contributed by atoms with Crippen molar-refractivity contribution in [2.45, 2.75) is 58.2 Å². The fourth-order valence-electron chi connectivity index (χ4n) is 3.03. The molecule has 0 radical (unpaired) electrons. The number of nitrogens with zero attached hydrogens (tertiary/aromatic N) is 3. The van der Waals surface area contributed by atoms with Crippen LogP contribution in [-0.4, -0.2) is 39.0 Å². The summed E-state index contributed by atoms with van der Waals surface area (Å²) in [6, 6.07) is 0. The van der Waals surface area contributed by atoms with Crippen LogP contribution in [0.15, 0.2) is 4.47 Å². The van der Waals surface area contributed by atoms with Gasteiger partial charge in [-0.1, -0.05) is 12.8 Å². The van der Waals surface area contributed by atoms with Gasteiger partial charge in [-0.25, -0.2) is 0 Å². The molecule has 1 N–H and O–H groups in total. The van der Waals surface area contributed by atoms with E-state index in [0.717, 1.165) is 55.5 Å². The molecule has 1 aromatic rings. The molecule has 1 saturated carbocycles. The van der Waals surface area contributed by atoms with Crippen molar-refractivity contribution in [3.05, 3.63) is 15.9 Å². The van der Waals surface area contributed by atoms with Gasteiger partial charge in [0.2, 0.25) is 0 Å². The Kier molecular flexibility index (Phi) is 4.69. The van der Waals surface area contributed by atoms with Crippen LogP contribution in [0.2, 0.25) is 0 Å². The summed E-state index contributed by atoms with van der Waals surface area (Å²) in [6.07, 6.45) is 4.18. The Morgan fingerprint density at radius 2 is 2.05 bits per heavy atom.